The van der Waals surface area contributed by atoms with Crippen LogP contribution in [0.2, 0.25) is 0 Å². The minimum Gasteiger partial charge on any atom is -0.475 e. The Bertz CT molecular complexity index is 735. The number of methoxy groups -OCH3 is 1. The number of aromatic nitrogens is 4. The van der Waals surface area contributed by atoms with Gasteiger partial charge in [-0.05, 0) is 13.3 Å². The van der Waals surface area contributed by atoms with Crippen molar-refractivity contribution >= 4 is 23.0 Å². The monoisotopic (exact) mass is 379 g/mol. The molecule has 146 valence electrons. The SMILES string of the molecule is CCCCC(C)Oc1nc(N)c2[nH]c(OC)nc2n1.O=C(O)C(F)(F)F. The van der Waals surface area contributed by atoms with Crippen LogP contribution in [-0.2, 0) is 4.79 Å². The first kappa shape index (κ1) is 21.3. The summed E-state index contributed by atoms with van der Waals surface area (Å²) in [4.78, 5) is 24.3. The number of H-pyrrole nitrogens is 1. The van der Waals surface area contributed by atoms with Crippen molar-refractivity contribution in [3.8, 4) is 12.0 Å². The molecule has 0 saturated heterocycles. The number of aromatic amines is 1. The van der Waals surface area contributed by atoms with E-state index in [-0.39, 0.29) is 12.1 Å². The van der Waals surface area contributed by atoms with Crippen LogP contribution in [0, 0.1) is 0 Å². The number of carboxylic acids is 1. The van der Waals surface area contributed by atoms with Gasteiger partial charge in [0.25, 0.3) is 6.01 Å². The zero-order valence-electron chi connectivity index (χ0n) is 14.4. The Morgan fingerprint density at radius 3 is 2.46 bits per heavy atom. The fourth-order valence-corrected chi connectivity index (χ4v) is 1.76. The van der Waals surface area contributed by atoms with Crippen LogP contribution in [0.1, 0.15) is 33.1 Å². The highest BCUT2D eigenvalue weighted by Gasteiger charge is 2.38. The highest BCUT2D eigenvalue weighted by molar-refractivity contribution is 5.82. The summed E-state index contributed by atoms with van der Waals surface area (Å²) in [6.07, 6.45) is -1.83. The number of hydrogen-bond acceptors (Lipinski definition) is 7. The van der Waals surface area contributed by atoms with Crippen molar-refractivity contribution in [3.63, 3.8) is 0 Å². The standard InChI is InChI=1S/C12H19N5O2.C2HF3O2/c1-4-5-6-7(2)19-12-15-9(13)8-10(17-12)16-11(14-8)18-3;3-2(4,5)1(6)7/h7H,4-6H2,1-3H3,(H3,13,14,15,16,17);(H,6,7). The van der Waals surface area contributed by atoms with Crippen LogP contribution in [-0.4, -0.2) is 50.4 Å². The highest BCUT2D eigenvalue weighted by atomic mass is 19.4. The summed E-state index contributed by atoms with van der Waals surface area (Å²) in [6, 6.07) is 0.606. The first-order valence-corrected chi connectivity index (χ1v) is 7.62. The molecule has 1 atom stereocenters. The maximum absolute atomic E-state index is 10.6. The third-order valence-corrected chi connectivity index (χ3v) is 3.04. The average Bonchev–Trinajstić information content (AvgIpc) is 2.96. The van der Waals surface area contributed by atoms with Gasteiger partial charge in [-0.25, -0.2) is 4.79 Å². The van der Waals surface area contributed by atoms with Crippen LogP contribution in [0.3, 0.4) is 0 Å². The second kappa shape index (κ2) is 9.06. The molecule has 12 heteroatoms. The van der Waals surface area contributed by atoms with Crippen LogP contribution < -0.4 is 15.2 Å². The number of nitrogens with one attached hydrogen (secondary N) is 1. The van der Waals surface area contributed by atoms with Crippen LogP contribution >= 0.6 is 0 Å². The number of alkyl halides is 3. The molecule has 0 bridgehead atoms. The van der Waals surface area contributed by atoms with Crippen LogP contribution in [0.4, 0.5) is 19.0 Å². The lowest BCUT2D eigenvalue weighted by Gasteiger charge is -2.12. The summed E-state index contributed by atoms with van der Waals surface area (Å²) in [7, 11) is 1.52. The van der Waals surface area contributed by atoms with Gasteiger partial charge < -0.3 is 25.3 Å². The Hall–Kier alpha value is -2.79. The maximum Gasteiger partial charge on any atom is 0.490 e. The quantitative estimate of drug-likeness (QED) is 0.696. The molecule has 0 saturated carbocycles. The summed E-state index contributed by atoms with van der Waals surface area (Å²) in [5.74, 6) is -2.45. The fourth-order valence-electron chi connectivity index (χ4n) is 1.76. The Morgan fingerprint density at radius 2 is 1.96 bits per heavy atom. The number of fused-ring (bicyclic) bond motifs is 1. The molecule has 9 nitrogen and oxygen atoms in total. The third kappa shape index (κ3) is 6.26. The van der Waals surface area contributed by atoms with E-state index in [9.17, 15) is 13.2 Å². The molecule has 2 rings (SSSR count). The van der Waals surface area contributed by atoms with Gasteiger partial charge in [-0.2, -0.15) is 28.1 Å². The molecule has 0 aliphatic heterocycles. The van der Waals surface area contributed by atoms with E-state index in [4.69, 9.17) is 25.1 Å². The molecular formula is C14H20F3N5O4. The van der Waals surface area contributed by atoms with Crippen molar-refractivity contribution in [2.75, 3.05) is 12.8 Å². The molecule has 2 aromatic heterocycles. The predicted molar refractivity (Wildman–Crippen MR) is 86.0 cm³/mol. The normalized spacial score (nSPS) is 12.2. The number of nitrogens with zero attached hydrogens (tertiary/aromatic N) is 3. The summed E-state index contributed by atoms with van der Waals surface area (Å²) < 4.78 is 42.4. The van der Waals surface area contributed by atoms with Crippen molar-refractivity contribution in [1.82, 2.24) is 19.9 Å². The van der Waals surface area contributed by atoms with E-state index >= 15 is 0 Å². The molecule has 0 aromatic carbocycles. The van der Waals surface area contributed by atoms with E-state index < -0.39 is 12.1 Å². The van der Waals surface area contributed by atoms with Crippen LogP contribution in [0.5, 0.6) is 12.0 Å². The minimum absolute atomic E-state index is 0.0534. The van der Waals surface area contributed by atoms with Gasteiger partial charge in [0, 0.05) is 0 Å². The second-order valence-corrected chi connectivity index (χ2v) is 5.21. The number of nitrogen functional groups attached to an aromatic ring is 1. The molecule has 0 radical (unpaired) electrons. The zero-order valence-corrected chi connectivity index (χ0v) is 14.4. The van der Waals surface area contributed by atoms with Crippen molar-refractivity contribution in [2.45, 2.75) is 45.4 Å². The largest absolute Gasteiger partial charge is 0.490 e. The van der Waals surface area contributed by atoms with E-state index in [1.165, 1.54) is 7.11 Å². The van der Waals surface area contributed by atoms with Crippen molar-refractivity contribution in [1.29, 1.82) is 0 Å². The Balaban J connectivity index is 0.000000412. The second-order valence-electron chi connectivity index (χ2n) is 5.21. The number of ether oxygens (including phenoxy) is 2. The number of unbranched alkanes of at least 4 members (excludes halogenated alkanes) is 1. The summed E-state index contributed by atoms with van der Waals surface area (Å²) in [5.41, 5.74) is 6.85. The van der Waals surface area contributed by atoms with Gasteiger partial charge >= 0.3 is 18.2 Å². The van der Waals surface area contributed by atoms with Crippen molar-refractivity contribution in [3.05, 3.63) is 0 Å². The lowest BCUT2D eigenvalue weighted by atomic mass is 10.2. The first-order chi connectivity index (χ1) is 12.1. The molecule has 0 aliphatic rings. The first-order valence-electron chi connectivity index (χ1n) is 7.62. The number of rotatable bonds is 6. The number of halogens is 3. The maximum atomic E-state index is 10.6. The number of imidazole rings is 1. The highest BCUT2D eigenvalue weighted by Crippen LogP contribution is 2.21. The molecule has 0 spiro atoms. The van der Waals surface area contributed by atoms with Gasteiger partial charge in [-0.3, -0.25) is 0 Å². The van der Waals surface area contributed by atoms with E-state index in [0.29, 0.717) is 23.0 Å². The van der Waals surface area contributed by atoms with E-state index in [0.717, 1.165) is 19.3 Å². The topological polar surface area (TPSA) is 136 Å². The fraction of sp³-hybridized carbons (Fsp3) is 0.571. The van der Waals surface area contributed by atoms with Crippen molar-refractivity contribution < 1.29 is 32.5 Å². The molecule has 0 aliphatic carbocycles. The molecule has 4 N–H and O–H groups in total. The molecule has 0 amide bonds. The van der Waals surface area contributed by atoms with Gasteiger partial charge in [-0.1, -0.05) is 19.8 Å². The molecule has 1 unspecified atom stereocenters. The summed E-state index contributed by atoms with van der Waals surface area (Å²) >= 11 is 0. The minimum atomic E-state index is -5.08. The molecular weight excluding hydrogens is 359 g/mol. The number of nitrogens with two attached hydrogens (primary N) is 1. The number of anilines is 1. The summed E-state index contributed by atoms with van der Waals surface area (Å²) in [5, 5.41) is 7.12. The third-order valence-electron chi connectivity index (χ3n) is 3.04. The van der Waals surface area contributed by atoms with E-state index in [1.54, 1.807) is 0 Å². The summed E-state index contributed by atoms with van der Waals surface area (Å²) in [6.45, 7) is 4.13. The molecule has 0 fully saturated rings. The number of carboxylic acid groups (broad SMARTS) is 1. The van der Waals surface area contributed by atoms with E-state index in [1.807, 2.05) is 6.92 Å². The molecule has 26 heavy (non-hydrogen) atoms. The molecule has 2 heterocycles. The number of hydrogen-bond donors (Lipinski definition) is 3. The lowest BCUT2D eigenvalue weighted by Crippen LogP contribution is -2.21. The smallest absolute Gasteiger partial charge is 0.475 e. The lowest BCUT2D eigenvalue weighted by molar-refractivity contribution is -0.192. The number of carbonyl (C=O) groups is 1. The number of aliphatic carboxylic acids is 1. The van der Waals surface area contributed by atoms with E-state index in [2.05, 4.69) is 26.9 Å². The van der Waals surface area contributed by atoms with Crippen molar-refractivity contribution in [2.24, 2.45) is 0 Å². The Labute approximate surface area is 146 Å². The Kier molecular flexibility index (Phi) is 7.41. The zero-order chi connectivity index (χ0) is 19.9. The van der Waals surface area contributed by atoms with Gasteiger partial charge in [0.2, 0.25) is 0 Å². The molecule has 2 aromatic rings. The van der Waals surface area contributed by atoms with Gasteiger partial charge in [-0.15, -0.1) is 0 Å². The van der Waals surface area contributed by atoms with Gasteiger partial charge in [0.05, 0.1) is 13.2 Å². The van der Waals surface area contributed by atoms with Crippen LogP contribution in [0.25, 0.3) is 11.2 Å². The Morgan fingerprint density at radius 1 is 1.35 bits per heavy atom. The van der Waals surface area contributed by atoms with Gasteiger partial charge in [0.1, 0.15) is 5.52 Å². The average molecular weight is 379 g/mol. The van der Waals surface area contributed by atoms with Crippen LogP contribution in [0.15, 0.2) is 0 Å². The van der Waals surface area contributed by atoms with Gasteiger partial charge in [0.15, 0.2) is 11.5 Å². The predicted octanol–water partition coefficient (Wildman–Crippen LogP) is 2.53.